The lowest BCUT2D eigenvalue weighted by atomic mass is 10.1. The Bertz CT molecular complexity index is 800. The molecule has 0 aliphatic carbocycles. The molecule has 1 aromatic carbocycles. The van der Waals surface area contributed by atoms with Crippen molar-refractivity contribution in [1.82, 2.24) is 15.0 Å². The molecular formula is C18H19N3O2S. The average molecular weight is 341 g/mol. The SMILES string of the molecule is COc1cccc(-c2noc([C@@H]3CCN(Cc4cccs4)C3)n2)c1. The van der Waals surface area contributed by atoms with Gasteiger partial charge < -0.3 is 9.26 Å². The molecule has 0 radical (unpaired) electrons. The van der Waals surface area contributed by atoms with Gasteiger partial charge in [-0.25, -0.2) is 0 Å². The van der Waals surface area contributed by atoms with Crippen LogP contribution in [0.4, 0.5) is 0 Å². The van der Waals surface area contributed by atoms with E-state index >= 15 is 0 Å². The summed E-state index contributed by atoms with van der Waals surface area (Å²) < 4.78 is 10.8. The van der Waals surface area contributed by atoms with Crippen LogP contribution >= 0.6 is 11.3 Å². The summed E-state index contributed by atoms with van der Waals surface area (Å²) in [7, 11) is 1.65. The van der Waals surface area contributed by atoms with Gasteiger partial charge in [0.2, 0.25) is 11.7 Å². The van der Waals surface area contributed by atoms with E-state index in [9.17, 15) is 0 Å². The predicted octanol–water partition coefficient (Wildman–Crippen LogP) is 3.80. The number of methoxy groups -OCH3 is 1. The fraction of sp³-hybridized carbons (Fsp3) is 0.333. The molecule has 124 valence electrons. The molecule has 1 fully saturated rings. The Morgan fingerprint density at radius 2 is 2.29 bits per heavy atom. The van der Waals surface area contributed by atoms with Gasteiger partial charge in [-0.2, -0.15) is 4.98 Å². The first-order valence-corrected chi connectivity index (χ1v) is 8.92. The minimum atomic E-state index is 0.317. The molecule has 0 saturated carbocycles. The van der Waals surface area contributed by atoms with Crippen LogP contribution in [0.15, 0.2) is 46.3 Å². The highest BCUT2D eigenvalue weighted by Crippen LogP contribution is 2.29. The molecule has 1 saturated heterocycles. The van der Waals surface area contributed by atoms with E-state index < -0.39 is 0 Å². The van der Waals surface area contributed by atoms with Crippen LogP contribution in [0.5, 0.6) is 5.75 Å². The van der Waals surface area contributed by atoms with Crippen LogP contribution in [-0.4, -0.2) is 35.2 Å². The Morgan fingerprint density at radius 1 is 1.33 bits per heavy atom. The first-order valence-electron chi connectivity index (χ1n) is 8.04. The summed E-state index contributed by atoms with van der Waals surface area (Å²) in [4.78, 5) is 8.46. The molecule has 3 aromatic rings. The zero-order valence-corrected chi connectivity index (χ0v) is 14.3. The smallest absolute Gasteiger partial charge is 0.231 e. The highest BCUT2D eigenvalue weighted by molar-refractivity contribution is 7.09. The van der Waals surface area contributed by atoms with Crippen LogP contribution in [0.1, 0.15) is 23.1 Å². The summed E-state index contributed by atoms with van der Waals surface area (Å²) in [5, 5.41) is 6.28. The van der Waals surface area contributed by atoms with Gasteiger partial charge in [0.15, 0.2) is 0 Å². The molecule has 0 bridgehead atoms. The maximum absolute atomic E-state index is 5.53. The lowest BCUT2D eigenvalue weighted by Crippen LogP contribution is -2.19. The number of nitrogens with zero attached hydrogens (tertiary/aromatic N) is 3. The van der Waals surface area contributed by atoms with Crippen molar-refractivity contribution < 1.29 is 9.26 Å². The van der Waals surface area contributed by atoms with Gasteiger partial charge in [0.25, 0.3) is 0 Å². The second-order valence-corrected chi connectivity index (χ2v) is 7.02. The Balaban J connectivity index is 1.45. The van der Waals surface area contributed by atoms with E-state index in [-0.39, 0.29) is 0 Å². The number of rotatable bonds is 5. The summed E-state index contributed by atoms with van der Waals surface area (Å²) in [5.74, 6) is 2.47. The standard InChI is InChI=1S/C18H19N3O2S/c1-22-15-5-2-4-13(10-15)17-19-18(23-20-17)14-7-8-21(11-14)12-16-6-3-9-24-16/h2-6,9-10,14H,7-8,11-12H2,1H3/t14-/m1/s1. The lowest BCUT2D eigenvalue weighted by molar-refractivity contribution is 0.311. The van der Waals surface area contributed by atoms with E-state index in [0.717, 1.165) is 43.3 Å². The monoisotopic (exact) mass is 341 g/mol. The Morgan fingerprint density at radius 3 is 3.12 bits per heavy atom. The normalized spacial score (nSPS) is 18.1. The third kappa shape index (κ3) is 3.20. The van der Waals surface area contributed by atoms with Crippen molar-refractivity contribution in [1.29, 1.82) is 0 Å². The summed E-state index contributed by atoms with van der Waals surface area (Å²) in [6.45, 7) is 3.04. The Kier molecular flexibility index (Phi) is 4.32. The molecule has 3 heterocycles. The second-order valence-electron chi connectivity index (χ2n) is 5.99. The van der Waals surface area contributed by atoms with Crippen LogP contribution in [0.3, 0.4) is 0 Å². The number of aromatic nitrogens is 2. The molecule has 4 rings (SSSR count). The predicted molar refractivity (Wildman–Crippen MR) is 93.2 cm³/mol. The minimum absolute atomic E-state index is 0.317. The zero-order valence-electron chi connectivity index (χ0n) is 13.5. The number of ether oxygens (including phenoxy) is 1. The molecule has 1 aliphatic rings. The molecule has 0 unspecified atom stereocenters. The molecule has 1 atom stereocenters. The van der Waals surface area contributed by atoms with E-state index in [1.165, 1.54) is 4.88 Å². The van der Waals surface area contributed by atoms with E-state index in [0.29, 0.717) is 11.7 Å². The third-order valence-corrected chi connectivity index (χ3v) is 5.21. The van der Waals surface area contributed by atoms with E-state index in [1.54, 1.807) is 18.4 Å². The number of thiophene rings is 1. The van der Waals surface area contributed by atoms with Crippen LogP contribution in [0.2, 0.25) is 0 Å². The molecule has 5 nitrogen and oxygen atoms in total. The van der Waals surface area contributed by atoms with Crippen LogP contribution in [0.25, 0.3) is 11.4 Å². The van der Waals surface area contributed by atoms with Gasteiger partial charge in [-0.1, -0.05) is 23.4 Å². The van der Waals surface area contributed by atoms with Gasteiger partial charge in [-0.3, -0.25) is 4.90 Å². The maximum Gasteiger partial charge on any atom is 0.231 e. The zero-order chi connectivity index (χ0) is 16.4. The highest BCUT2D eigenvalue weighted by Gasteiger charge is 2.28. The highest BCUT2D eigenvalue weighted by atomic mass is 32.1. The number of hydrogen-bond acceptors (Lipinski definition) is 6. The summed E-state index contributed by atoms with van der Waals surface area (Å²) in [6.07, 6.45) is 1.06. The maximum atomic E-state index is 5.53. The largest absolute Gasteiger partial charge is 0.497 e. The fourth-order valence-electron chi connectivity index (χ4n) is 3.08. The van der Waals surface area contributed by atoms with Gasteiger partial charge in [0, 0.05) is 23.5 Å². The van der Waals surface area contributed by atoms with Crippen molar-refractivity contribution in [3.05, 3.63) is 52.5 Å². The molecule has 0 spiro atoms. The van der Waals surface area contributed by atoms with Gasteiger partial charge in [-0.15, -0.1) is 11.3 Å². The van der Waals surface area contributed by atoms with Crippen LogP contribution in [0, 0.1) is 0 Å². The number of hydrogen-bond donors (Lipinski definition) is 0. The van der Waals surface area contributed by atoms with E-state index in [1.807, 2.05) is 24.3 Å². The summed E-state index contributed by atoms with van der Waals surface area (Å²) in [5.41, 5.74) is 0.915. The van der Waals surface area contributed by atoms with Crippen molar-refractivity contribution in [3.8, 4) is 17.1 Å². The van der Waals surface area contributed by atoms with Crippen molar-refractivity contribution in [2.24, 2.45) is 0 Å². The molecule has 0 amide bonds. The van der Waals surface area contributed by atoms with Crippen LogP contribution < -0.4 is 4.74 Å². The summed E-state index contributed by atoms with van der Waals surface area (Å²) in [6, 6.07) is 12.0. The summed E-state index contributed by atoms with van der Waals surface area (Å²) >= 11 is 1.81. The Labute approximate surface area is 144 Å². The van der Waals surface area contributed by atoms with Gasteiger partial charge in [-0.05, 0) is 36.5 Å². The van der Waals surface area contributed by atoms with E-state index in [2.05, 4.69) is 32.6 Å². The third-order valence-electron chi connectivity index (χ3n) is 4.35. The molecule has 1 aliphatic heterocycles. The second kappa shape index (κ2) is 6.75. The first kappa shape index (κ1) is 15.4. The molecule has 6 heteroatoms. The average Bonchev–Trinajstić information content (AvgIpc) is 3.36. The molecule has 0 N–H and O–H groups in total. The van der Waals surface area contributed by atoms with Crippen LogP contribution in [-0.2, 0) is 6.54 Å². The van der Waals surface area contributed by atoms with Crippen molar-refractivity contribution in [2.75, 3.05) is 20.2 Å². The molecular weight excluding hydrogens is 322 g/mol. The minimum Gasteiger partial charge on any atom is -0.497 e. The number of likely N-dealkylation sites (tertiary alicyclic amines) is 1. The van der Waals surface area contributed by atoms with Crippen molar-refractivity contribution >= 4 is 11.3 Å². The van der Waals surface area contributed by atoms with Gasteiger partial charge in [0.05, 0.1) is 13.0 Å². The molecule has 24 heavy (non-hydrogen) atoms. The molecule has 2 aromatic heterocycles. The quantitative estimate of drug-likeness (QED) is 0.706. The lowest BCUT2D eigenvalue weighted by Gasteiger charge is -2.13. The van der Waals surface area contributed by atoms with Crippen molar-refractivity contribution in [2.45, 2.75) is 18.9 Å². The van der Waals surface area contributed by atoms with E-state index in [4.69, 9.17) is 9.26 Å². The van der Waals surface area contributed by atoms with Gasteiger partial charge >= 0.3 is 0 Å². The first-order chi connectivity index (χ1) is 11.8. The topological polar surface area (TPSA) is 51.4 Å². The van der Waals surface area contributed by atoms with Gasteiger partial charge in [0.1, 0.15) is 5.75 Å². The van der Waals surface area contributed by atoms with Crippen molar-refractivity contribution in [3.63, 3.8) is 0 Å². The fourth-order valence-corrected chi connectivity index (χ4v) is 3.83. The number of benzene rings is 1. The Hall–Kier alpha value is -2.18.